The lowest BCUT2D eigenvalue weighted by Gasteiger charge is -2.20. The Morgan fingerprint density at radius 3 is 2.78 bits per heavy atom. The molecule has 4 N–H and O–H groups in total. The summed E-state index contributed by atoms with van der Waals surface area (Å²) in [6.07, 6.45) is 2.21. The highest BCUT2D eigenvalue weighted by atomic mass is 16.3. The molecule has 0 aliphatic rings. The smallest absolute Gasteiger partial charge is 0.145 e. The third-order valence-electron chi connectivity index (χ3n) is 2.65. The van der Waals surface area contributed by atoms with Gasteiger partial charge in [0, 0.05) is 26.1 Å². The van der Waals surface area contributed by atoms with Crippen LogP contribution in [-0.2, 0) is 6.42 Å². The topological polar surface area (TPSA) is 87.3 Å². The quantitative estimate of drug-likeness (QED) is 0.495. The maximum atomic E-state index is 9.30. The van der Waals surface area contributed by atoms with E-state index in [4.69, 9.17) is 5.84 Å². The highest BCUT2D eigenvalue weighted by Crippen LogP contribution is 2.15. The molecule has 0 spiro atoms. The molecule has 0 bridgehead atoms. The summed E-state index contributed by atoms with van der Waals surface area (Å²) in [6.45, 7) is 4.61. The fourth-order valence-corrected chi connectivity index (χ4v) is 1.58. The number of nitrogen functional groups attached to an aromatic ring is 1. The Bertz CT molecular complexity index is 369. The molecule has 1 aromatic heterocycles. The molecule has 1 unspecified atom stereocenters. The van der Waals surface area contributed by atoms with Crippen molar-refractivity contribution in [3.63, 3.8) is 0 Å². The van der Waals surface area contributed by atoms with Gasteiger partial charge in [-0.15, -0.1) is 0 Å². The van der Waals surface area contributed by atoms with Crippen molar-refractivity contribution in [1.29, 1.82) is 0 Å². The molecule has 0 radical (unpaired) electrons. The van der Waals surface area contributed by atoms with Gasteiger partial charge >= 0.3 is 0 Å². The van der Waals surface area contributed by atoms with E-state index >= 15 is 0 Å². The van der Waals surface area contributed by atoms with Gasteiger partial charge in [0.2, 0.25) is 0 Å². The van der Waals surface area contributed by atoms with Crippen LogP contribution in [0.25, 0.3) is 0 Å². The van der Waals surface area contributed by atoms with Crippen molar-refractivity contribution in [3.05, 3.63) is 11.9 Å². The lowest BCUT2D eigenvalue weighted by Crippen LogP contribution is -2.24. The summed E-state index contributed by atoms with van der Waals surface area (Å²) in [5.41, 5.74) is 2.56. The van der Waals surface area contributed by atoms with Crippen LogP contribution in [0.2, 0.25) is 0 Å². The van der Waals surface area contributed by atoms with Crippen LogP contribution in [0.5, 0.6) is 0 Å². The average Bonchev–Trinajstić information content (AvgIpc) is 2.35. The Morgan fingerprint density at radius 1 is 1.50 bits per heavy atom. The van der Waals surface area contributed by atoms with Gasteiger partial charge in [-0.25, -0.2) is 15.8 Å². The standard InChI is InChI=1S/C12H23N5O/c1-4-5-10-14-11(16-13)8-12(15-10)17(3)7-6-9(2)18/h8-9,18H,4-7,13H2,1-3H3,(H,14,15,16). The van der Waals surface area contributed by atoms with Crippen LogP contribution < -0.4 is 16.2 Å². The van der Waals surface area contributed by atoms with E-state index in [1.165, 1.54) is 0 Å². The van der Waals surface area contributed by atoms with Crippen LogP contribution in [0, 0.1) is 0 Å². The predicted molar refractivity (Wildman–Crippen MR) is 73.4 cm³/mol. The first-order valence-corrected chi connectivity index (χ1v) is 6.30. The Hall–Kier alpha value is -1.40. The second-order valence-corrected chi connectivity index (χ2v) is 4.48. The first-order chi connectivity index (χ1) is 8.56. The van der Waals surface area contributed by atoms with Gasteiger partial charge < -0.3 is 15.4 Å². The number of nitrogens with two attached hydrogens (primary N) is 1. The molecule has 1 aromatic rings. The van der Waals surface area contributed by atoms with Crippen LogP contribution in [0.15, 0.2) is 6.07 Å². The van der Waals surface area contributed by atoms with Gasteiger partial charge in [-0.3, -0.25) is 0 Å². The summed E-state index contributed by atoms with van der Waals surface area (Å²) in [5.74, 6) is 7.63. The third kappa shape index (κ3) is 4.46. The molecule has 0 saturated heterocycles. The number of nitrogens with one attached hydrogen (secondary N) is 1. The number of hydrogen-bond donors (Lipinski definition) is 3. The van der Waals surface area contributed by atoms with E-state index in [1.807, 2.05) is 11.9 Å². The normalized spacial score (nSPS) is 12.3. The fraction of sp³-hybridized carbons (Fsp3) is 0.667. The van der Waals surface area contributed by atoms with Crippen molar-refractivity contribution in [2.45, 2.75) is 39.2 Å². The largest absolute Gasteiger partial charge is 0.393 e. The highest BCUT2D eigenvalue weighted by Gasteiger charge is 2.08. The van der Waals surface area contributed by atoms with Crippen LogP contribution >= 0.6 is 0 Å². The first-order valence-electron chi connectivity index (χ1n) is 6.30. The maximum absolute atomic E-state index is 9.30. The number of hydrogen-bond acceptors (Lipinski definition) is 6. The molecule has 0 aliphatic carbocycles. The minimum absolute atomic E-state index is 0.309. The van der Waals surface area contributed by atoms with E-state index in [2.05, 4.69) is 22.3 Å². The van der Waals surface area contributed by atoms with Gasteiger partial charge in [0.1, 0.15) is 17.5 Å². The number of aryl methyl sites for hydroxylation is 1. The van der Waals surface area contributed by atoms with Crippen LogP contribution in [0.3, 0.4) is 0 Å². The number of aromatic nitrogens is 2. The number of rotatable bonds is 7. The van der Waals surface area contributed by atoms with E-state index in [1.54, 1.807) is 13.0 Å². The molecule has 0 amide bonds. The van der Waals surface area contributed by atoms with Crippen molar-refractivity contribution in [3.8, 4) is 0 Å². The highest BCUT2D eigenvalue weighted by molar-refractivity contribution is 5.48. The van der Waals surface area contributed by atoms with Crippen molar-refractivity contribution in [1.82, 2.24) is 9.97 Å². The van der Waals surface area contributed by atoms with Crippen LogP contribution in [0.1, 0.15) is 32.5 Å². The number of aliphatic hydroxyl groups is 1. The predicted octanol–water partition coefficient (Wildman–Crippen LogP) is 0.922. The van der Waals surface area contributed by atoms with E-state index in [-0.39, 0.29) is 6.10 Å². The van der Waals surface area contributed by atoms with Crippen molar-refractivity contribution < 1.29 is 5.11 Å². The summed E-state index contributed by atoms with van der Waals surface area (Å²) in [5, 5.41) is 9.30. The zero-order valence-electron chi connectivity index (χ0n) is 11.3. The summed E-state index contributed by atoms with van der Waals surface area (Å²) >= 11 is 0. The van der Waals surface area contributed by atoms with Crippen molar-refractivity contribution in [2.24, 2.45) is 5.84 Å². The zero-order valence-corrected chi connectivity index (χ0v) is 11.3. The fourth-order valence-electron chi connectivity index (χ4n) is 1.58. The number of aliphatic hydroxyl groups excluding tert-OH is 1. The van der Waals surface area contributed by atoms with Gasteiger partial charge in [-0.1, -0.05) is 6.92 Å². The van der Waals surface area contributed by atoms with E-state index in [0.717, 1.165) is 31.0 Å². The molecule has 102 valence electrons. The molecule has 0 aromatic carbocycles. The third-order valence-corrected chi connectivity index (χ3v) is 2.65. The second-order valence-electron chi connectivity index (χ2n) is 4.48. The Morgan fingerprint density at radius 2 is 2.22 bits per heavy atom. The number of hydrazine groups is 1. The molecule has 6 nitrogen and oxygen atoms in total. The minimum atomic E-state index is -0.309. The zero-order chi connectivity index (χ0) is 13.5. The summed E-state index contributed by atoms with van der Waals surface area (Å²) in [7, 11) is 1.95. The Balaban J connectivity index is 2.82. The molecule has 0 saturated carbocycles. The minimum Gasteiger partial charge on any atom is -0.393 e. The molecule has 18 heavy (non-hydrogen) atoms. The van der Waals surface area contributed by atoms with Gasteiger partial charge in [0.15, 0.2) is 0 Å². The second kappa shape index (κ2) is 7.13. The molecule has 0 fully saturated rings. The molecule has 6 heteroatoms. The maximum Gasteiger partial charge on any atom is 0.145 e. The number of anilines is 2. The van der Waals surface area contributed by atoms with Crippen LogP contribution in [0.4, 0.5) is 11.6 Å². The van der Waals surface area contributed by atoms with Gasteiger partial charge in [0.05, 0.1) is 6.10 Å². The first kappa shape index (κ1) is 14.7. The van der Waals surface area contributed by atoms with E-state index in [0.29, 0.717) is 12.2 Å². The van der Waals surface area contributed by atoms with E-state index in [9.17, 15) is 5.11 Å². The van der Waals surface area contributed by atoms with Crippen molar-refractivity contribution in [2.75, 3.05) is 23.9 Å². The van der Waals surface area contributed by atoms with E-state index < -0.39 is 0 Å². The lowest BCUT2D eigenvalue weighted by atomic mass is 10.2. The molecule has 1 heterocycles. The monoisotopic (exact) mass is 253 g/mol. The molecular formula is C12H23N5O. The lowest BCUT2D eigenvalue weighted by molar-refractivity contribution is 0.187. The Kier molecular flexibility index (Phi) is 5.80. The van der Waals surface area contributed by atoms with Gasteiger partial charge in [-0.2, -0.15) is 0 Å². The average molecular weight is 253 g/mol. The van der Waals surface area contributed by atoms with Gasteiger partial charge in [0.25, 0.3) is 0 Å². The molecule has 1 atom stereocenters. The van der Waals surface area contributed by atoms with Crippen LogP contribution in [-0.4, -0.2) is 34.8 Å². The molecular weight excluding hydrogens is 230 g/mol. The Labute approximate surface area is 108 Å². The molecule has 1 rings (SSSR count). The molecule has 0 aliphatic heterocycles. The SMILES string of the molecule is CCCc1nc(NN)cc(N(C)CCC(C)O)n1. The van der Waals surface area contributed by atoms with Crippen molar-refractivity contribution >= 4 is 11.6 Å². The van der Waals surface area contributed by atoms with Gasteiger partial charge in [-0.05, 0) is 19.8 Å². The number of nitrogens with zero attached hydrogens (tertiary/aromatic N) is 3. The summed E-state index contributed by atoms with van der Waals surface area (Å²) < 4.78 is 0. The summed E-state index contributed by atoms with van der Waals surface area (Å²) in [6, 6.07) is 1.81. The summed E-state index contributed by atoms with van der Waals surface area (Å²) in [4.78, 5) is 10.8.